The van der Waals surface area contributed by atoms with Crippen molar-refractivity contribution in [2.75, 3.05) is 13.1 Å². The summed E-state index contributed by atoms with van der Waals surface area (Å²) in [7, 11) is 0. The number of amides is 1. The van der Waals surface area contributed by atoms with Gasteiger partial charge in [-0.1, -0.05) is 0 Å². The van der Waals surface area contributed by atoms with Crippen molar-refractivity contribution < 1.29 is 4.79 Å². The van der Waals surface area contributed by atoms with Crippen molar-refractivity contribution >= 4 is 5.91 Å². The van der Waals surface area contributed by atoms with E-state index in [4.69, 9.17) is 5.73 Å². The molecule has 1 heterocycles. The van der Waals surface area contributed by atoms with Crippen LogP contribution in [0.1, 0.15) is 33.6 Å². The van der Waals surface area contributed by atoms with E-state index in [0.29, 0.717) is 18.6 Å². The Morgan fingerprint density at radius 1 is 1.60 bits per heavy atom. The van der Waals surface area contributed by atoms with E-state index in [1.807, 2.05) is 0 Å². The topological polar surface area (TPSA) is 58.4 Å². The Morgan fingerprint density at radius 3 is 2.80 bits per heavy atom. The minimum Gasteiger partial charge on any atom is -0.355 e. The smallest absolute Gasteiger partial charge is 0.237 e. The van der Waals surface area contributed by atoms with Crippen molar-refractivity contribution in [3.05, 3.63) is 0 Å². The summed E-state index contributed by atoms with van der Waals surface area (Å²) in [4.78, 5) is 14.1. The quantitative estimate of drug-likeness (QED) is 0.710. The highest BCUT2D eigenvalue weighted by atomic mass is 16.2. The first-order chi connectivity index (χ1) is 7.07. The van der Waals surface area contributed by atoms with Crippen molar-refractivity contribution in [1.29, 1.82) is 0 Å². The van der Waals surface area contributed by atoms with Crippen molar-refractivity contribution in [2.45, 2.75) is 51.7 Å². The lowest BCUT2D eigenvalue weighted by Gasteiger charge is -2.36. The van der Waals surface area contributed by atoms with Gasteiger partial charge in [-0.05, 0) is 40.2 Å². The number of nitrogens with one attached hydrogen (secondary N) is 1. The molecule has 1 aliphatic rings. The average Bonchev–Trinajstić information content (AvgIpc) is 2.28. The highest BCUT2D eigenvalue weighted by molar-refractivity contribution is 5.82. The van der Waals surface area contributed by atoms with Gasteiger partial charge < -0.3 is 11.1 Å². The highest BCUT2D eigenvalue weighted by Gasteiger charge is 2.32. The van der Waals surface area contributed by atoms with Crippen LogP contribution in [-0.2, 0) is 4.79 Å². The fourth-order valence-electron chi connectivity index (χ4n) is 2.42. The van der Waals surface area contributed by atoms with Crippen LogP contribution in [0.4, 0.5) is 0 Å². The number of nitrogens with zero attached hydrogens (tertiary/aromatic N) is 1. The summed E-state index contributed by atoms with van der Waals surface area (Å²) >= 11 is 0. The number of nitrogens with two attached hydrogens (primary N) is 1. The number of hydrogen-bond donors (Lipinski definition) is 2. The molecule has 0 saturated carbocycles. The molecule has 0 aromatic rings. The Bertz CT molecular complexity index is 218. The third kappa shape index (κ3) is 2.92. The molecule has 0 bridgehead atoms. The van der Waals surface area contributed by atoms with Crippen LogP contribution < -0.4 is 11.1 Å². The predicted molar refractivity (Wildman–Crippen MR) is 61.5 cm³/mol. The van der Waals surface area contributed by atoms with Gasteiger partial charge in [-0.25, -0.2) is 0 Å². The first-order valence-electron chi connectivity index (χ1n) is 5.83. The molecule has 1 saturated heterocycles. The molecule has 3 N–H and O–H groups in total. The molecule has 1 aliphatic heterocycles. The molecule has 2 unspecified atom stereocenters. The standard InChI is InChI=1S/C11H23N3O/c1-8(2)14-9(3)5-7-13-11(15)10(14)4-6-12/h8-10H,4-7,12H2,1-3H3,(H,13,15). The van der Waals surface area contributed by atoms with Crippen molar-refractivity contribution in [3.8, 4) is 0 Å². The molecular weight excluding hydrogens is 190 g/mol. The first-order valence-corrected chi connectivity index (χ1v) is 5.83. The molecule has 0 aromatic heterocycles. The van der Waals surface area contributed by atoms with Crippen LogP contribution in [-0.4, -0.2) is 42.0 Å². The van der Waals surface area contributed by atoms with E-state index >= 15 is 0 Å². The van der Waals surface area contributed by atoms with Crippen molar-refractivity contribution in [3.63, 3.8) is 0 Å². The van der Waals surface area contributed by atoms with Crippen molar-refractivity contribution in [2.24, 2.45) is 5.73 Å². The largest absolute Gasteiger partial charge is 0.355 e. The first kappa shape index (κ1) is 12.5. The maximum Gasteiger partial charge on any atom is 0.237 e. The second-order valence-electron chi connectivity index (χ2n) is 4.56. The Hall–Kier alpha value is -0.610. The number of hydrogen-bond acceptors (Lipinski definition) is 3. The van der Waals surface area contributed by atoms with E-state index in [0.717, 1.165) is 19.4 Å². The summed E-state index contributed by atoms with van der Waals surface area (Å²) in [6.07, 6.45) is 1.76. The summed E-state index contributed by atoms with van der Waals surface area (Å²) in [5.74, 6) is 0.138. The second-order valence-corrected chi connectivity index (χ2v) is 4.56. The van der Waals surface area contributed by atoms with Gasteiger partial charge in [0.05, 0.1) is 6.04 Å². The van der Waals surface area contributed by atoms with Crippen LogP contribution in [0.3, 0.4) is 0 Å². The molecule has 0 aromatic carbocycles. The van der Waals surface area contributed by atoms with Crippen LogP contribution in [0.2, 0.25) is 0 Å². The molecule has 0 radical (unpaired) electrons. The average molecular weight is 213 g/mol. The molecule has 15 heavy (non-hydrogen) atoms. The zero-order valence-corrected chi connectivity index (χ0v) is 9.99. The molecule has 0 aliphatic carbocycles. The van der Waals surface area contributed by atoms with Crippen molar-refractivity contribution in [1.82, 2.24) is 10.2 Å². The lowest BCUT2D eigenvalue weighted by molar-refractivity contribution is -0.127. The van der Waals surface area contributed by atoms with Gasteiger partial charge in [0.15, 0.2) is 0 Å². The Kier molecular flexibility index (Phi) is 4.54. The Morgan fingerprint density at radius 2 is 2.27 bits per heavy atom. The number of carbonyl (C=O) groups excluding carboxylic acids is 1. The molecule has 2 atom stereocenters. The minimum atomic E-state index is -0.0486. The monoisotopic (exact) mass is 213 g/mol. The summed E-state index contributed by atoms with van der Waals surface area (Å²) in [6, 6.07) is 0.786. The minimum absolute atomic E-state index is 0.0486. The lowest BCUT2D eigenvalue weighted by Crippen LogP contribution is -2.51. The fourth-order valence-corrected chi connectivity index (χ4v) is 2.42. The number of carbonyl (C=O) groups is 1. The Balaban J connectivity index is 2.83. The van der Waals surface area contributed by atoms with Crippen LogP contribution >= 0.6 is 0 Å². The second kappa shape index (κ2) is 5.47. The van der Waals surface area contributed by atoms with Gasteiger partial charge in [0.25, 0.3) is 0 Å². The van der Waals surface area contributed by atoms with E-state index in [9.17, 15) is 4.79 Å². The van der Waals surface area contributed by atoms with Gasteiger partial charge in [0, 0.05) is 18.6 Å². The molecule has 1 rings (SSSR count). The zero-order valence-electron chi connectivity index (χ0n) is 9.99. The van der Waals surface area contributed by atoms with Gasteiger partial charge in [-0.3, -0.25) is 9.69 Å². The van der Waals surface area contributed by atoms with Gasteiger partial charge in [-0.2, -0.15) is 0 Å². The summed E-state index contributed by atoms with van der Waals surface area (Å²) in [5, 5.41) is 2.96. The SMILES string of the molecule is CC(C)N1C(C)CCNC(=O)C1CCN. The maximum absolute atomic E-state index is 11.9. The Labute approximate surface area is 92.2 Å². The van der Waals surface area contributed by atoms with E-state index in [1.165, 1.54) is 0 Å². The maximum atomic E-state index is 11.9. The van der Waals surface area contributed by atoms with Crippen LogP contribution in [0.15, 0.2) is 0 Å². The van der Waals surface area contributed by atoms with Gasteiger partial charge in [-0.15, -0.1) is 0 Å². The summed E-state index contributed by atoms with van der Waals surface area (Å²) in [5.41, 5.74) is 5.57. The van der Waals surface area contributed by atoms with E-state index < -0.39 is 0 Å². The fraction of sp³-hybridized carbons (Fsp3) is 0.909. The van der Waals surface area contributed by atoms with E-state index in [1.54, 1.807) is 0 Å². The van der Waals surface area contributed by atoms with Gasteiger partial charge in [0.1, 0.15) is 0 Å². The molecular formula is C11H23N3O. The van der Waals surface area contributed by atoms with Crippen LogP contribution in [0.5, 0.6) is 0 Å². The zero-order chi connectivity index (χ0) is 11.4. The lowest BCUT2D eigenvalue weighted by atomic mass is 10.1. The van der Waals surface area contributed by atoms with Crippen LogP contribution in [0, 0.1) is 0 Å². The third-order valence-corrected chi connectivity index (χ3v) is 3.07. The molecule has 1 fully saturated rings. The molecule has 4 heteroatoms. The third-order valence-electron chi connectivity index (χ3n) is 3.07. The summed E-state index contributed by atoms with van der Waals surface area (Å²) < 4.78 is 0. The molecule has 0 spiro atoms. The number of rotatable bonds is 3. The van der Waals surface area contributed by atoms with Crippen LogP contribution in [0.25, 0.3) is 0 Å². The molecule has 88 valence electrons. The van der Waals surface area contributed by atoms with E-state index in [-0.39, 0.29) is 11.9 Å². The summed E-state index contributed by atoms with van der Waals surface area (Å²) in [6.45, 7) is 7.80. The van der Waals surface area contributed by atoms with Gasteiger partial charge in [0.2, 0.25) is 5.91 Å². The van der Waals surface area contributed by atoms with E-state index in [2.05, 4.69) is 31.0 Å². The molecule has 4 nitrogen and oxygen atoms in total. The van der Waals surface area contributed by atoms with Gasteiger partial charge >= 0.3 is 0 Å². The predicted octanol–water partition coefficient (Wildman–Crippen LogP) is 0.323. The highest BCUT2D eigenvalue weighted by Crippen LogP contribution is 2.18. The normalized spacial score (nSPS) is 29.0. The molecule has 1 amide bonds.